The minimum absolute atomic E-state index is 1.31. The lowest BCUT2D eigenvalue weighted by Gasteiger charge is -1.92. The summed E-state index contributed by atoms with van der Waals surface area (Å²) in [6.45, 7) is 0. The first-order valence-electron chi connectivity index (χ1n) is 7.40. The van der Waals surface area contributed by atoms with Crippen LogP contribution in [0.2, 0.25) is 0 Å². The zero-order valence-electron chi connectivity index (χ0n) is 12.5. The predicted octanol–water partition coefficient (Wildman–Crippen LogP) is 6.21. The van der Waals surface area contributed by atoms with Crippen LogP contribution in [0.15, 0.2) is 121 Å². The zero-order valence-corrected chi connectivity index (χ0v) is 12.5. The Labute approximate surface area is 132 Å². The molecular formula is C22H20. The van der Waals surface area contributed by atoms with Gasteiger partial charge in [0.2, 0.25) is 0 Å². The van der Waals surface area contributed by atoms with Gasteiger partial charge in [-0.05, 0) is 10.8 Å². The van der Waals surface area contributed by atoms with Crippen LogP contribution in [0.4, 0.5) is 0 Å². The number of hydrogen-bond donors (Lipinski definition) is 0. The van der Waals surface area contributed by atoms with Crippen molar-refractivity contribution in [2.45, 2.75) is 0 Å². The molecule has 0 amide bonds. The lowest BCUT2D eigenvalue weighted by atomic mass is 10.1. The van der Waals surface area contributed by atoms with Crippen LogP contribution < -0.4 is 0 Å². The van der Waals surface area contributed by atoms with Gasteiger partial charge in [0.25, 0.3) is 0 Å². The number of fused-ring (bicyclic) bond motifs is 1. The highest BCUT2D eigenvalue weighted by Crippen LogP contribution is 2.11. The van der Waals surface area contributed by atoms with Crippen molar-refractivity contribution in [2.75, 3.05) is 0 Å². The van der Waals surface area contributed by atoms with Crippen molar-refractivity contribution in [2.24, 2.45) is 0 Å². The average Bonchev–Trinajstić information content (AvgIpc) is 2.66. The second-order valence-electron chi connectivity index (χ2n) is 4.66. The van der Waals surface area contributed by atoms with E-state index in [1.165, 1.54) is 10.8 Å². The molecule has 0 aliphatic carbocycles. The largest absolute Gasteiger partial charge is 0.0623 e. The molecule has 0 aliphatic rings. The van der Waals surface area contributed by atoms with E-state index in [4.69, 9.17) is 0 Å². The first-order chi connectivity index (χ1) is 11.0. The topological polar surface area (TPSA) is 0 Å². The molecule has 0 unspecified atom stereocenters. The molecule has 0 fully saturated rings. The monoisotopic (exact) mass is 284 g/mol. The van der Waals surface area contributed by atoms with Crippen molar-refractivity contribution in [3.8, 4) is 0 Å². The van der Waals surface area contributed by atoms with Crippen LogP contribution in [0.1, 0.15) is 0 Å². The summed E-state index contributed by atoms with van der Waals surface area (Å²) in [5, 5.41) is 2.62. The normalized spacial score (nSPS) is 8.91. The predicted molar refractivity (Wildman–Crippen MR) is 96.8 cm³/mol. The van der Waals surface area contributed by atoms with E-state index >= 15 is 0 Å². The summed E-state index contributed by atoms with van der Waals surface area (Å²) in [7, 11) is 0. The Morgan fingerprint density at radius 2 is 0.409 bits per heavy atom. The summed E-state index contributed by atoms with van der Waals surface area (Å²) in [6.07, 6.45) is 0. The molecule has 4 aromatic rings. The molecule has 0 saturated heterocycles. The van der Waals surface area contributed by atoms with Crippen LogP contribution in [0.5, 0.6) is 0 Å². The van der Waals surface area contributed by atoms with Gasteiger partial charge in [0, 0.05) is 0 Å². The molecule has 0 bridgehead atoms. The van der Waals surface area contributed by atoms with Gasteiger partial charge in [0.15, 0.2) is 0 Å². The Bertz CT molecular complexity index is 580. The highest BCUT2D eigenvalue weighted by Gasteiger charge is 1.85. The fraction of sp³-hybridized carbons (Fsp3) is 0. The summed E-state index contributed by atoms with van der Waals surface area (Å²) in [5.74, 6) is 0. The minimum atomic E-state index is 1.31. The first-order valence-corrected chi connectivity index (χ1v) is 7.40. The molecule has 0 aromatic heterocycles. The third-order valence-electron chi connectivity index (χ3n) is 2.99. The molecule has 0 N–H and O–H groups in total. The molecule has 4 aromatic carbocycles. The minimum Gasteiger partial charge on any atom is -0.0623 e. The molecule has 22 heavy (non-hydrogen) atoms. The summed E-state index contributed by atoms with van der Waals surface area (Å²) < 4.78 is 0. The second kappa shape index (κ2) is 9.95. The van der Waals surface area contributed by atoms with Gasteiger partial charge in [-0.2, -0.15) is 0 Å². The third kappa shape index (κ3) is 6.06. The lowest BCUT2D eigenvalue weighted by molar-refractivity contribution is 1.72. The molecule has 0 heteroatoms. The molecule has 0 saturated carbocycles. The first kappa shape index (κ1) is 15.5. The van der Waals surface area contributed by atoms with Crippen molar-refractivity contribution >= 4 is 10.8 Å². The number of hydrogen-bond acceptors (Lipinski definition) is 0. The Hall–Kier alpha value is -2.86. The summed E-state index contributed by atoms with van der Waals surface area (Å²) in [5.41, 5.74) is 0. The van der Waals surface area contributed by atoms with Crippen molar-refractivity contribution in [1.29, 1.82) is 0 Å². The third-order valence-corrected chi connectivity index (χ3v) is 2.99. The van der Waals surface area contributed by atoms with E-state index in [9.17, 15) is 0 Å². The Kier molecular flexibility index (Phi) is 7.02. The Morgan fingerprint density at radius 3 is 0.591 bits per heavy atom. The van der Waals surface area contributed by atoms with Crippen LogP contribution in [-0.2, 0) is 0 Å². The summed E-state index contributed by atoms with van der Waals surface area (Å²) in [4.78, 5) is 0. The maximum absolute atomic E-state index is 2.12. The summed E-state index contributed by atoms with van der Waals surface area (Å²) in [6, 6.07) is 40.7. The van der Waals surface area contributed by atoms with Crippen molar-refractivity contribution in [3.05, 3.63) is 121 Å². The van der Waals surface area contributed by atoms with Crippen LogP contribution in [0, 0.1) is 0 Å². The van der Waals surface area contributed by atoms with Gasteiger partial charge < -0.3 is 0 Å². The molecule has 0 aliphatic heterocycles. The molecule has 0 spiro atoms. The molecule has 108 valence electrons. The molecule has 0 heterocycles. The zero-order chi connectivity index (χ0) is 15.3. The summed E-state index contributed by atoms with van der Waals surface area (Å²) >= 11 is 0. The van der Waals surface area contributed by atoms with Crippen LogP contribution in [0.3, 0.4) is 0 Å². The van der Waals surface area contributed by atoms with Crippen molar-refractivity contribution < 1.29 is 0 Å². The van der Waals surface area contributed by atoms with E-state index in [0.29, 0.717) is 0 Å². The van der Waals surface area contributed by atoms with Crippen LogP contribution in [0.25, 0.3) is 10.8 Å². The fourth-order valence-corrected chi connectivity index (χ4v) is 1.90. The maximum atomic E-state index is 2.12. The Balaban J connectivity index is 0.000000128. The smallest absolute Gasteiger partial charge is 0.0184 e. The molecule has 0 radical (unpaired) electrons. The van der Waals surface area contributed by atoms with E-state index in [0.717, 1.165) is 0 Å². The van der Waals surface area contributed by atoms with Gasteiger partial charge in [-0.25, -0.2) is 0 Å². The van der Waals surface area contributed by atoms with E-state index in [2.05, 4.69) is 48.5 Å². The SMILES string of the molecule is c1ccc2ccccc2c1.c1ccccc1.c1ccccc1. The lowest BCUT2D eigenvalue weighted by Crippen LogP contribution is -1.67. The van der Waals surface area contributed by atoms with Gasteiger partial charge in [-0.3, -0.25) is 0 Å². The van der Waals surface area contributed by atoms with E-state index in [1.807, 2.05) is 72.8 Å². The highest BCUT2D eigenvalue weighted by atomic mass is 13.9. The van der Waals surface area contributed by atoms with Crippen LogP contribution >= 0.6 is 0 Å². The van der Waals surface area contributed by atoms with E-state index in [-0.39, 0.29) is 0 Å². The fourth-order valence-electron chi connectivity index (χ4n) is 1.90. The Morgan fingerprint density at radius 1 is 0.227 bits per heavy atom. The van der Waals surface area contributed by atoms with Crippen LogP contribution in [-0.4, -0.2) is 0 Å². The van der Waals surface area contributed by atoms with Crippen molar-refractivity contribution in [3.63, 3.8) is 0 Å². The van der Waals surface area contributed by atoms with Gasteiger partial charge in [-0.1, -0.05) is 121 Å². The maximum Gasteiger partial charge on any atom is -0.0184 e. The molecule has 0 nitrogen and oxygen atoms in total. The quantitative estimate of drug-likeness (QED) is 0.360. The van der Waals surface area contributed by atoms with Crippen molar-refractivity contribution in [1.82, 2.24) is 0 Å². The average molecular weight is 284 g/mol. The van der Waals surface area contributed by atoms with Gasteiger partial charge in [0.1, 0.15) is 0 Å². The standard InChI is InChI=1S/C10H8.2C6H6/c1-2-6-10-8-4-3-7-9(10)5-1;2*1-2-4-6-5-3-1/h1-8H;2*1-6H. The van der Waals surface area contributed by atoms with Gasteiger partial charge in [0.05, 0.1) is 0 Å². The molecular weight excluding hydrogens is 264 g/mol. The van der Waals surface area contributed by atoms with Gasteiger partial charge >= 0.3 is 0 Å². The highest BCUT2D eigenvalue weighted by molar-refractivity contribution is 5.81. The molecule has 4 rings (SSSR count). The number of benzene rings is 4. The second-order valence-corrected chi connectivity index (χ2v) is 4.66. The van der Waals surface area contributed by atoms with E-state index in [1.54, 1.807) is 0 Å². The van der Waals surface area contributed by atoms with E-state index < -0.39 is 0 Å². The van der Waals surface area contributed by atoms with Gasteiger partial charge in [-0.15, -0.1) is 0 Å². The molecule has 0 atom stereocenters. The number of rotatable bonds is 0.